The maximum absolute atomic E-state index is 13.3. The van der Waals surface area contributed by atoms with Gasteiger partial charge in [-0.25, -0.2) is 13.8 Å². The van der Waals surface area contributed by atoms with E-state index in [-0.39, 0.29) is 35.3 Å². The third-order valence-electron chi connectivity index (χ3n) is 4.27. The van der Waals surface area contributed by atoms with E-state index in [0.717, 1.165) is 39.8 Å². The summed E-state index contributed by atoms with van der Waals surface area (Å²) in [5.74, 6) is -1.61. The van der Waals surface area contributed by atoms with Gasteiger partial charge in [0.05, 0.1) is 15.9 Å². The Kier molecular flexibility index (Phi) is 5.27. The molecule has 1 aliphatic rings. The van der Waals surface area contributed by atoms with Crippen LogP contribution in [0.5, 0.6) is 0 Å². The molecule has 2 heterocycles. The molecule has 1 aromatic heterocycles. The molecular formula is C19H15F2N3O2S2. The SMILES string of the molecule is O=C(CCC(=O)N1CCSc2ccccc21)Nc1nc2cc(F)c(F)cc2s1. The first-order chi connectivity index (χ1) is 13.5. The van der Waals surface area contributed by atoms with Crippen LogP contribution in [0.1, 0.15) is 12.8 Å². The minimum atomic E-state index is -0.985. The van der Waals surface area contributed by atoms with Gasteiger partial charge in [0.15, 0.2) is 16.8 Å². The molecule has 0 atom stereocenters. The van der Waals surface area contributed by atoms with Crippen LogP contribution in [0.4, 0.5) is 19.6 Å². The number of nitrogens with one attached hydrogen (secondary N) is 1. The predicted octanol–water partition coefficient (Wildman–Crippen LogP) is 4.43. The average molecular weight is 419 g/mol. The van der Waals surface area contributed by atoms with Crippen LogP contribution >= 0.6 is 23.1 Å². The van der Waals surface area contributed by atoms with Gasteiger partial charge in [0.1, 0.15) is 0 Å². The van der Waals surface area contributed by atoms with Crippen LogP contribution in [0.15, 0.2) is 41.3 Å². The quantitative estimate of drug-likeness (QED) is 0.680. The number of benzene rings is 2. The summed E-state index contributed by atoms with van der Waals surface area (Å²) in [5, 5.41) is 2.84. The molecule has 2 amide bonds. The second-order valence-electron chi connectivity index (χ2n) is 6.16. The summed E-state index contributed by atoms with van der Waals surface area (Å²) in [6, 6.07) is 9.74. The highest BCUT2D eigenvalue weighted by Gasteiger charge is 2.23. The maximum Gasteiger partial charge on any atom is 0.227 e. The summed E-state index contributed by atoms with van der Waals surface area (Å²) < 4.78 is 27.0. The molecule has 5 nitrogen and oxygen atoms in total. The number of nitrogens with zero attached hydrogens (tertiary/aromatic N) is 2. The summed E-state index contributed by atoms with van der Waals surface area (Å²) in [6.07, 6.45) is 0.0717. The van der Waals surface area contributed by atoms with Gasteiger partial charge < -0.3 is 10.2 Å². The largest absolute Gasteiger partial charge is 0.310 e. The van der Waals surface area contributed by atoms with E-state index in [1.165, 1.54) is 0 Å². The lowest BCUT2D eigenvalue weighted by Gasteiger charge is -2.28. The number of hydrogen-bond donors (Lipinski definition) is 1. The molecule has 0 aliphatic carbocycles. The van der Waals surface area contributed by atoms with Gasteiger partial charge in [-0.05, 0) is 18.2 Å². The summed E-state index contributed by atoms with van der Waals surface area (Å²) >= 11 is 2.76. The molecule has 0 radical (unpaired) electrons. The molecule has 3 aromatic rings. The van der Waals surface area contributed by atoms with Crippen LogP contribution in [0, 0.1) is 11.6 Å². The minimum Gasteiger partial charge on any atom is -0.310 e. The molecule has 2 aromatic carbocycles. The summed E-state index contributed by atoms with van der Waals surface area (Å²) in [5.41, 5.74) is 1.15. The summed E-state index contributed by atoms with van der Waals surface area (Å²) in [6.45, 7) is 0.608. The number of fused-ring (bicyclic) bond motifs is 2. The molecule has 4 rings (SSSR count). The van der Waals surface area contributed by atoms with Crippen molar-refractivity contribution in [3.63, 3.8) is 0 Å². The van der Waals surface area contributed by atoms with E-state index in [4.69, 9.17) is 0 Å². The fourth-order valence-corrected chi connectivity index (χ4v) is 4.83. The van der Waals surface area contributed by atoms with E-state index in [2.05, 4.69) is 10.3 Å². The smallest absolute Gasteiger partial charge is 0.227 e. The van der Waals surface area contributed by atoms with Crippen molar-refractivity contribution in [2.75, 3.05) is 22.5 Å². The second-order valence-corrected chi connectivity index (χ2v) is 8.33. The Bertz CT molecular complexity index is 1030. The number of thiazole rings is 1. The van der Waals surface area contributed by atoms with Crippen molar-refractivity contribution in [2.24, 2.45) is 0 Å². The Morgan fingerprint density at radius 2 is 1.93 bits per heavy atom. The van der Waals surface area contributed by atoms with Crippen molar-refractivity contribution >= 4 is 55.9 Å². The van der Waals surface area contributed by atoms with Crippen molar-refractivity contribution in [1.82, 2.24) is 4.98 Å². The van der Waals surface area contributed by atoms with Crippen LogP contribution in [0.3, 0.4) is 0 Å². The lowest BCUT2D eigenvalue weighted by molar-refractivity contribution is -0.122. The minimum absolute atomic E-state index is 0.00326. The molecule has 0 unspecified atom stereocenters. The van der Waals surface area contributed by atoms with E-state index in [1.54, 1.807) is 16.7 Å². The van der Waals surface area contributed by atoms with Gasteiger partial charge in [-0.2, -0.15) is 0 Å². The molecule has 9 heteroatoms. The van der Waals surface area contributed by atoms with E-state index < -0.39 is 11.6 Å². The Hall–Kier alpha value is -2.52. The molecule has 0 saturated carbocycles. The highest BCUT2D eigenvalue weighted by atomic mass is 32.2. The van der Waals surface area contributed by atoms with Gasteiger partial charge >= 0.3 is 0 Å². The zero-order valence-corrected chi connectivity index (χ0v) is 16.2. The monoisotopic (exact) mass is 419 g/mol. The molecule has 0 bridgehead atoms. The normalized spacial score (nSPS) is 13.4. The Morgan fingerprint density at radius 3 is 2.79 bits per heavy atom. The number of aromatic nitrogens is 1. The molecule has 1 aliphatic heterocycles. The first-order valence-electron chi connectivity index (χ1n) is 8.59. The van der Waals surface area contributed by atoms with Gasteiger partial charge in [0.2, 0.25) is 11.8 Å². The lowest BCUT2D eigenvalue weighted by atomic mass is 10.2. The van der Waals surface area contributed by atoms with Crippen LogP contribution in [-0.4, -0.2) is 29.1 Å². The number of carbonyl (C=O) groups excluding carboxylic acids is 2. The standard InChI is InChI=1S/C19H15F2N3O2S2/c20-11-9-13-16(10-12(11)21)28-19(22-13)23-17(25)5-6-18(26)24-7-8-27-15-4-2-1-3-14(15)24/h1-4,9-10H,5-8H2,(H,22,23,25). The van der Waals surface area contributed by atoms with Gasteiger partial charge in [0.25, 0.3) is 0 Å². The number of rotatable bonds is 4. The molecule has 1 N–H and O–H groups in total. The van der Waals surface area contributed by atoms with E-state index >= 15 is 0 Å². The molecule has 144 valence electrons. The highest BCUT2D eigenvalue weighted by molar-refractivity contribution is 7.99. The third-order valence-corrected chi connectivity index (χ3v) is 6.25. The van der Waals surface area contributed by atoms with Gasteiger partial charge in [-0.3, -0.25) is 9.59 Å². The fraction of sp³-hybridized carbons (Fsp3) is 0.211. The summed E-state index contributed by atoms with van der Waals surface area (Å²) in [4.78, 5) is 31.6. The second kappa shape index (κ2) is 7.84. The van der Waals surface area contributed by atoms with Crippen LogP contribution in [-0.2, 0) is 9.59 Å². The molecule has 0 spiro atoms. The van der Waals surface area contributed by atoms with Gasteiger partial charge in [-0.1, -0.05) is 23.5 Å². The Labute approximate surface area is 167 Å². The van der Waals surface area contributed by atoms with Crippen molar-refractivity contribution in [3.8, 4) is 0 Å². The lowest BCUT2D eigenvalue weighted by Crippen LogP contribution is -2.35. The van der Waals surface area contributed by atoms with Crippen molar-refractivity contribution in [3.05, 3.63) is 48.0 Å². The van der Waals surface area contributed by atoms with Crippen LogP contribution < -0.4 is 10.2 Å². The van der Waals surface area contributed by atoms with Crippen LogP contribution in [0.25, 0.3) is 10.2 Å². The van der Waals surface area contributed by atoms with Crippen molar-refractivity contribution < 1.29 is 18.4 Å². The zero-order chi connectivity index (χ0) is 19.7. The molecule has 28 heavy (non-hydrogen) atoms. The number of thioether (sulfide) groups is 1. The van der Waals surface area contributed by atoms with Gasteiger partial charge in [-0.15, -0.1) is 11.8 Å². The topological polar surface area (TPSA) is 62.3 Å². The number of para-hydroxylation sites is 1. The van der Waals surface area contributed by atoms with Crippen molar-refractivity contribution in [1.29, 1.82) is 0 Å². The number of amides is 2. The molecular weight excluding hydrogens is 404 g/mol. The average Bonchev–Trinajstić information content (AvgIpc) is 3.06. The molecule has 0 saturated heterocycles. The molecule has 0 fully saturated rings. The number of anilines is 2. The maximum atomic E-state index is 13.3. The highest BCUT2D eigenvalue weighted by Crippen LogP contribution is 2.34. The van der Waals surface area contributed by atoms with E-state index in [9.17, 15) is 18.4 Å². The zero-order valence-electron chi connectivity index (χ0n) is 14.6. The van der Waals surface area contributed by atoms with Crippen LogP contribution in [0.2, 0.25) is 0 Å². The number of halogens is 2. The first-order valence-corrected chi connectivity index (χ1v) is 10.4. The Morgan fingerprint density at radius 1 is 1.14 bits per heavy atom. The van der Waals surface area contributed by atoms with E-state index in [0.29, 0.717) is 11.2 Å². The van der Waals surface area contributed by atoms with Crippen molar-refractivity contribution in [2.45, 2.75) is 17.7 Å². The number of carbonyl (C=O) groups is 2. The first kappa shape index (κ1) is 18.8. The van der Waals surface area contributed by atoms with E-state index in [1.807, 2.05) is 24.3 Å². The summed E-state index contributed by atoms with van der Waals surface area (Å²) in [7, 11) is 0. The fourth-order valence-electron chi connectivity index (χ4n) is 2.94. The third kappa shape index (κ3) is 3.85. The van der Waals surface area contributed by atoms with Gasteiger partial charge in [0, 0.05) is 36.1 Å². The predicted molar refractivity (Wildman–Crippen MR) is 107 cm³/mol. The Balaban J connectivity index is 1.38. The number of hydrogen-bond acceptors (Lipinski definition) is 5.